The molecular weight excluding hydrogens is 322 g/mol. The van der Waals surface area contributed by atoms with Crippen LogP contribution in [0.1, 0.15) is 25.7 Å². The number of benzene rings is 2. The number of nitrogens with zero attached hydrogens (tertiary/aromatic N) is 3. The fraction of sp³-hybridized carbons (Fsp3) is 0.333. The molecular formula is C21H25N5. The van der Waals surface area contributed by atoms with Crippen LogP contribution in [0.2, 0.25) is 0 Å². The van der Waals surface area contributed by atoms with E-state index in [-0.39, 0.29) is 0 Å². The van der Waals surface area contributed by atoms with E-state index in [1.807, 2.05) is 32.3 Å². The van der Waals surface area contributed by atoms with Crippen LogP contribution in [0, 0.1) is 0 Å². The van der Waals surface area contributed by atoms with E-state index in [1.165, 1.54) is 31.4 Å². The van der Waals surface area contributed by atoms with Crippen LogP contribution in [0.25, 0.3) is 10.9 Å². The molecule has 0 bridgehead atoms. The summed E-state index contributed by atoms with van der Waals surface area (Å²) in [5, 5.41) is 8.06. The maximum Gasteiger partial charge on any atom is 0.229 e. The smallest absolute Gasteiger partial charge is 0.229 e. The number of rotatable bonds is 5. The van der Waals surface area contributed by atoms with Gasteiger partial charge in [0.1, 0.15) is 5.82 Å². The van der Waals surface area contributed by atoms with Crippen LogP contribution in [0.3, 0.4) is 0 Å². The zero-order valence-electron chi connectivity index (χ0n) is 15.4. The average molecular weight is 347 g/mol. The van der Waals surface area contributed by atoms with E-state index in [9.17, 15) is 0 Å². The number of anilines is 4. The highest BCUT2D eigenvalue weighted by Gasteiger charge is 2.17. The van der Waals surface area contributed by atoms with Crippen LogP contribution in [0.5, 0.6) is 0 Å². The lowest BCUT2D eigenvalue weighted by Gasteiger charge is -2.16. The molecule has 1 aromatic heterocycles. The first-order valence-corrected chi connectivity index (χ1v) is 9.27. The number of aromatic nitrogens is 2. The lowest BCUT2D eigenvalue weighted by atomic mass is 10.2. The van der Waals surface area contributed by atoms with Gasteiger partial charge in [0, 0.05) is 36.9 Å². The summed E-state index contributed by atoms with van der Waals surface area (Å²) in [7, 11) is 4.08. The van der Waals surface area contributed by atoms with E-state index in [2.05, 4.69) is 45.9 Å². The Balaban J connectivity index is 1.63. The first-order valence-electron chi connectivity index (χ1n) is 9.27. The molecule has 1 heterocycles. The number of fused-ring (bicyclic) bond motifs is 1. The van der Waals surface area contributed by atoms with E-state index in [0.717, 1.165) is 22.4 Å². The van der Waals surface area contributed by atoms with Crippen molar-refractivity contribution in [2.24, 2.45) is 0 Å². The molecule has 0 radical (unpaired) electrons. The maximum absolute atomic E-state index is 4.77. The van der Waals surface area contributed by atoms with Crippen molar-refractivity contribution >= 4 is 34.0 Å². The van der Waals surface area contributed by atoms with Gasteiger partial charge in [0.15, 0.2) is 0 Å². The minimum atomic E-state index is 0.514. The number of hydrogen-bond donors (Lipinski definition) is 2. The molecule has 0 saturated heterocycles. The standard InChI is InChI=1S/C21H25N5/c1-26(2)17-13-11-16(12-14-17)23-21-24-19-10-6-5-9-18(19)20(25-21)22-15-7-3-4-8-15/h5-6,9-15H,3-4,7-8H2,1-2H3,(H2,22,23,24,25). The van der Waals surface area contributed by atoms with Gasteiger partial charge in [-0.1, -0.05) is 25.0 Å². The Hall–Kier alpha value is -2.82. The third kappa shape index (κ3) is 3.57. The fourth-order valence-electron chi connectivity index (χ4n) is 3.48. The van der Waals surface area contributed by atoms with Gasteiger partial charge in [-0.2, -0.15) is 4.98 Å². The van der Waals surface area contributed by atoms with Crippen LogP contribution in [0.4, 0.5) is 23.1 Å². The monoisotopic (exact) mass is 347 g/mol. The third-order valence-electron chi connectivity index (χ3n) is 4.94. The minimum Gasteiger partial charge on any atom is -0.378 e. The summed E-state index contributed by atoms with van der Waals surface area (Å²) in [6, 6.07) is 17.0. The quantitative estimate of drug-likeness (QED) is 0.695. The van der Waals surface area contributed by atoms with E-state index in [0.29, 0.717) is 12.0 Å². The summed E-state index contributed by atoms with van der Waals surface area (Å²) in [6.07, 6.45) is 5.02. The number of hydrogen-bond acceptors (Lipinski definition) is 5. The van der Waals surface area contributed by atoms with E-state index in [1.54, 1.807) is 0 Å². The van der Waals surface area contributed by atoms with Gasteiger partial charge in [0.05, 0.1) is 5.52 Å². The Labute approximate surface area is 154 Å². The molecule has 4 rings (SSSR count). The normalized spacial score (nSPS) is 14.5. The largest absolute Gasteiger partial charge is 0.378 e. The predicted octanol–water partition coefficient (Wildman–Crippen LogP) is 4.79. The summed E-state index contributed by atoms with van der Waals surface area (Å²) >= 11 is 0. The third-order valence-corrected chi connectivity index (χ3v) is 4.94. The highest BCUT2D eigenvalue weighted by molar-refractivity contribution is 5.90. The Morgan fingerprint density at radius 1 is 0.923 bits per heavy atom. The van der Waals surface area contributed by atoms with Gasteiger partial charge in [0.2, 0.25) is 5.95 Å². The predicted molar refractivity (Wildman–Crippen MR) is 109 cm³/mol. The Morgan fingerprint density at radius 2 is 1.65 bits per heavy atom. The molecule has 5 heteroatoms. The van der Waals surface area contributed by atoms with Gasteiger partial charge < -0.3 is 15.5 Å². The SMILES string of the molecule is CN(C)c1ccc(Nc2nc(NC3CCCC3)c3ccccc3n2)cc1. The Kier molecular flexibility index (Phi) is 4.61. The molecule has 0 unspecified atom stereocenters. The van der Waals surface area contributed by atoms with Crippen molar-refractivity contribution in [3.63, 3.8) is 0 Å². The van der Waals surface area contributed by atoms with E-state index in [4.69, 9.17) is 9.97 Å². The highest BCUT2D eigenvalue weighted by Crippen LogP contribution is 2.28. The Morgan fingerprint density at radius 3 is 2.38 bits per heavy atom. The topological polar surface area (TPSA) is 53.1 Å². The molecule has 1 aliphatic carbocycles. The van der Waals surface area contributed by atoms with Crippen LogP contribution in [-0.2, 0) is 0 Å². The zero-order valence-corrected chi connectivity index (χ0v) is 15.4. The zero-order chi connectivity index (χ0) is 17.9. The number of nitrogens with one attached hydrogen (secondary N) is 2. The molecule has 0 spiro atoms. The van der Waals surface area contributed by atoms with E-state index >= 15 is 0 Å². The number of para-hydroxylation sites is 1. The van der Waals surface area contributed by atoms with Gasteiger partial charge in [-0.3, -0.25) is 0 Å². The lowest BCUT2D eigenvalue weighted by Crippen LogP contribution is -2.16. The summed E-state index contributed by atoms with van der Waals surface area (Å²) in [5.74, 6) is 1.55. The van der Waals surface area contributed by atoms with Crippen LogP contribution >= 0.6 is 0 Å². The van der Waals surface area contributed by atoms with Crippen molar-refractivity contribution in [3.05, 3.63) is 48.5 Å². The molecule has 26 heavy (non-hydrogen) atoms. The molecule has 1 saturated carbocycles. The maximum atomic E-state index is 4.77. The van der Waals surface area contributed by atoms with Crippen LogP contribution in [0.15, 0.2) is 48.5 Å². The van der Waals surface area contributed by atoms with Gasteiger partial charge in [0.25, 0.3) is 0 Å². The van der Waals surface area contributed by atoms with Gasteiger partial charge in [-0.05, 0) is 49.2 Å². The van der Waals surface area contributed by atoms with Crippen molar-refractivity contribution in [1.29, 1.82) is 0 Å². The van der Waals surface area contributed by atoms with Crippen molar-refractivity contribution < 1.29 is 0 Å². The first-order chi connectivity index (χ1) is 12.7. The molecule has 0 amide bonds. The second kappa shape index (κ2) is 7.20. The molecule has 2 aromatic carbocycles. The van der Waals surface area contributed by atoms with Crippen molar-refractivity contribution in [2.75, 3.05) is 29.6 Å². The van der Waals surface area contributed by atoms with Crippen molar-refractivity contribution in [1.82, 2.24) is 9.97 Å². The second-order valence-electron chi connectivity index (χ2n) is 7.10. The Bertz CT molecular complexity index is 883. The summed E-state index contributed by atoms with van der Waals surface area (Å²) in [5.41, 5.74) is 3.10. The summed E-state index contributed by atoms with van der Waals surface area (Å²) < 4.78 is 0. The second-order valence-corrected chi connectivity index (χ2v) is 7.10. The molecule has 1 aliphatic rings. The lowest BCUT2D eigenvalue weighted by molar-refractivity contribution is 0.752. The van der Waals surface area contributed by atoms with Gasteiger partial charge >= 0.3 is 0 Å². The molecule has 0 aliphatic heterocycles. The van der Waals surface area contributed by atoms with Gasteiger partial charge in [-0.15, -0.1) is 0 Å². The summed E-state index contributed by atoms with van der Waals surface area (Å²) in [4.78, 5) is 11.5. The van der Waals surface area contributed by atoms with E-state index < -0.39 is 0 Å². The van der Waals surface area contributed by atoms with Crippen molar-refractivity contribution in [3.8, 4) is 0 Å². The fourth-order valence-corrected chi connectivity index (χ4v) is 3.48. The van der Waals surface area contributed by atoms with Gasteiger partial charge in [-0.25, -0.2) is 4.98 Å². The molecule has 1 fully saturated rings. The minimum absolute atomic E-state index is 0.514. The first kappa shape index (κ1) is 16.6. The average Bonchev–Trinajstić information content (AvgIpc) is 3.15. The summed E-state index contributed by atoms with van der Waals surface area (Å²) in [6.45, 7) is 0. The van der Waals surface area contributed by atoms with Crippen LogP contribution in [-0.4, -0.2) is 30.1 Å². The van der Waals surface area contributed by atoms with Crippen LogP contribution < -0.4 is 15.5 Å². The molecule has 2 N–H and O–H groups in total. The molecule has 5 nitrogen and oxygen atoms in total. The molecule has 0 atom stereocenters. The molecule has 134 valence electrons. The highest BCUT2D eigenvalue weighted by atomic mass is 15.2. The molecule has 3 aromatic rings. The van der Waals surface area contributed by atoms with Crippen molar-refractivity contribution in [2.45, 2.75) is 31.7 Å².